The average Bonchev–Trinajstić information content (AvgIpc) is 2.52. The monoisotopic (exact) mass is 327 g/mol. The lowest BCUT2D eigenvalue weighted by Gasteiger charge is -2.18. The Labute approximate surface area is 132 Å². The third-order valence-electron chi connectivity index (χ3n) is 3.36. The van der Waals surface area contributed by atoms with Crippen molar-refractivity contribution < 1.29 is 13.2 Å². The molecule has 0 atom stereocenters. The highest BCUT2D eigenvalue weighted by Crippen LogP contribution is 2.16. The molecule has 0 spiro atoms. The second-order valence-electron chi connectivity index (χ2n) is 4.87. The van der Waals surface area contributed by atoms with Crippen molar-refractivity contribution in [2.45, 2.75) is 31.6 Å². The number of benzene rings is 1. The van der Waals surface area contributed by atoms with E-state index in [1.54, 1.807) is 26.0 Å². The van der Waals surface area contributed by atoms with E-state index in [1.807, 2.05) is 0 Å². The van der Waals surface area contributed by atoms with Crippen molar-refractivity contribution in [3.63, 3.8) is 0 Å². The lowest BCUT2D eigenvalue weighted by atomic mass is 10.2. The summed E-state index contributed by atoms with van der Waals surface area (Å²) in [7, 11) is -3.55. The van der Waals surface area contributed by atoms with Crippen LogP contribution >= 0.6 is 0 Å². The van der Waals surface area contributed by atoms with Crippen molar-refractivity contribution in [3.8, 4) is 0 Å². The fourth-order valence-electron chi connectivity index (χ4n) is 2.08. The molecule has 124 valence electrons. The number of unbranched alkanes of at least 4 members (excludes halogenated alkanes) is 1. The molecule has 1 rings (SSSR count). The highest BCUT2D eigenvalue weighted by Gasteiger charge is 2.22. The highest BCUT2D eigenvalue weighted by atomic mass is 32.2. The van der Waals surface area contributed by atoms with Gasteiger partial charge in [-0.05, 0) is 37.6 Å². The molecule has 0 aliphatic rings. The molecule has 0 fully saturated rings. The van der Waals surface area contributed by atoms with Gasteiger partial charge in [0.2, 0.25) is 10.0 Å². The topological polar surface area (TPSA) is 92.5 Å². The number of sulfonamides is 1. The molecule has 0 aliphatic heterocycles. The summed E-state index contributed by atoms with van der Waals surface area (Å²) in [4.78, 5) is 12.2. The summed E-state index contributed by atoms with van der Waals surface area (Å²) in [5.41, 5.74) is 5.74. The van der Waals surface area contributed by atoms with Gasteiger partial charge in [-0.3, -0.25) is 4.79 Å². The molecule has 6 nitrogen and oxygen atoms in total. The van der Waals surface area contributed by atoms with Crippen molar-refractivity contribution in [1.29, 1.82) is 0 Å². The predicted molar refractivity (Wildman–Crippen MR) is 87.2 cm³/mol. The van der Waals surface area contributed by atoms with Crippen LogP contribution in [-0.2, 0) is 10.0 Å². The molecule has 1 aromatic rings. The predicted octanol–water partition coefficient (Wildman–Crippen LogP) is 1.19. The van der Waals surface area contributed by atoms with Gasteiger partial charge in [-0.1, -0.05) is 19.9 Å². The van der Waals surface area contributed by atoms with Crippen molar-refractivity contribution in [2.24, 2.45) is 5.73 Å². The summed E-state index contributed by atoms with van der Waals surface area (Å²) >= 11 is 0. The minimum atomic E-state index is -3.55. The van der Waals surface area contributed by atoms with Crippen LogP contribution in [0, 0.1) is 0 Å². The van der Waals surface area contributed by atoms with Crippen LogP contribution in [0.15, 0.2) is 29.2 Å². The molecule has 0 heterocycles. The van der Waals surface area contributed by atoms with E-state index in [1.165, 1.54) is 16.4 Å². The zero-order chi connectivity index (χ0) is 16.6. The molecule has 0 unspecified atom stereocenters. The van der Waals surface area contributed by atoms with Crippen LogP contribution < -0.4 is 11.1 Å². The molecule has 22 heavy (non-hydrogen) atoms. The van der Waals surface area contributed by atoms with Gasteiger partial charge in [0.25, 0.3) is 5.91 Å². The van der Waals surface area contributed by atoms with E-state index in [9.17, 15) is 13.2 Å². The SMILES string of the molecule is CCN(CC)S(=O)(=O)c1cccc(C(=O)NCCCCN)c1. The summed E-state index contributed by atoms with van der Waals surface area (Å²) in [5.74, 6) is -0.270. The Morgan fingerprint density at radius 1 is 1.23 bits per heavy atom. The Morgan fingerprint density at radius 2 is 1.91 bits per heavy atom. The summed E-state index contributed by atoms with van der Waals surface area (Å²) in [5, 5.41) is 2.77. The maximum atomic E-state index is 12.4. The van der Waals surface area contributed by atoms with Crippen LogP contribution in [0.4, 0.5) is 0 Å². The van der Waals surface area contributed by atoms with Gasteiger partial charge in [0.1, 0.15) is 0 Å². The molecule has 3 N–H and O–H groups in total. The third-order valence-corrected chi connectivity index (χ3v) is 5.40. The van der Waals surface area contributed by atoms with E-state index in [-0.39, 0.29) is 10.8 Å². The number of carbonyl (C=O) groups excluding carboxylic acids is 1. The first-order valence-electron chi connectivity index (χ1n) is 7.55. The van der Waals surface area contributed by atoms with Crippen molar-refractivity contribution in [2.75, 3.05) is 26.2 Å². The molecule has 0 aromatic heterocycles. The van der Waals surface area contributed by atoms with Crippen LogP contribution in [0.2, 0.25) is 0 Å². The number of nitrogens with two attached hydrogens (primary N) is 1. The molecule has 1 aromatic carbocycles. The summed E-state index contributed by atoms with van der Waals surface area (Å²) < 4.78 is 26.3. The van der Waals surface area contributed by atoms with E-state index in [0.29, 0.717) is 31.7 Å². The van der Waals surface area contributed by atoms with Gasteiger partial charge < -0.3 is 11.1 Å². The Morgan fingerprint density at radius 3 is 2.50 bits per heavy atom. The molecular weight excluding hydrogens is 302 g/mol. The first-order valence-corrected chi connectivity index (χ1v) is 8.99. The minimum absolute atomic E-state index is 0.144. The second kappa shape index (κ2) is 8.87. The molecule has 0 bridgehead atoms. The molecule has 0 saturated heterocycles. The minimum Gasteiger partial charge on any atom is -0.352 e. The Kier molecular flexibility index (Phi) is 7.50. The standard InChI is InChI=1S/C15H25N3O3S/c1-3-18(4-2)22(20,21)14-9-7-8-13(12-14)15(19)17-11-6-5-10-16/h7-9,12H,3-6,10-11,16H2,1-2H3,(H,17,19). The first kappa shape index (κ1) is 18.6. The number of hydrogen-bond donors (Lipinski definition) is 2. The van der Waals surface area contributed by atoms with E-state index in [2.05, 4.69) is 5.32 Å². The summed E-state index contributed by atoms with van der Waals surface area (Å²) in [6, 6.07) is 6.13. The van der Waals surface area contributed by atoms with Crippen LogP contribution in [-0.4, -0.2) is 44.8 Å². The van der Waals surface area contributed by atoms with Gasteiger partial charge in [0.15, 0.2) is 0 Å². The second-order valence-corrected chi connectivity index (χ2v) is 6.81. The van der Waals surface area contributed by atoms with E-state index in [4.69, 9.17) is 5.73 Å². The number of hydrogen-bond acceptors (Lipinski definition) is 4. The average molecular weight is 327 g/mol. The largest absolute Gasteiger partial charge is 0.352 e. The summed E-state index contributed by atoms with van der Waals surface area (Å²) in [6.45, 7) is 5.49. The van der Waals surface area contributed by atoms with Gasteiger partial charge in [0, 0.05) is 25.2 Å². The molecular formula is C15H25N3O3S. The Bertz CT molecular complexity index is 583. The van der Waals surface area contributed by atoms with Crippen LogP contribution in [0.25, 0.3) is 0 Å². The zero-order valence-electron chi connectivity index (χ0n) is 13.2. The molecule has 0 radical (unpaired) electrons. The Balaban J connectivity index is 2.88. The maximum absolute atomic E-state index is 12.4. The van der Waals surface area contributed by atoms with Gasteiger partial charge in [-0.2, -0.15) is 4.31 Å². The quantitative estimate of drug-likeness (QED) is 0.666. The number of nitrogens with one attached hydrogen (secondary N) is 1. The lowest BCUT2D eigenvalue weighted by molar-refractivity contribution is 0.0953. The van der Waals surface area contributed by atoms with Crippen LogP contribution in [0.3, 0.4) is 0 Å². The Hall–Kier alpha value is -1.44. The third kappa shape index (κ3) is 4.79. The fourth-order valence-corrected chi connectivity index (χ4v) is 3.59. The fraction of sp³-hybridized carbons (Fsp3) is 0.533. The smallest absolute Gasteiger partial charge is 0.251 e. The van der Waals surface area contributed by atoms with Gasteiger partial charge >= 0.3 is 0 Å². The molecule has 7 heteroatoms. The van der Waals surface area contributed by atoms with Crippen molar-refractivity contribution in [3.05, 3.63) is 29.8 Å². The number of amides is 1. The first-order chi connectivity index (χ1) is 10.5. The maximum Gasteiger partial charge on any atom is 0.251 e. The van der Waals surface area contributed by atoms with Crippen LogP contribution in [0.1, 0.15) is 37.0 Å². The van der Waals surface area contributed by atoms with E-state index < -0.39 is 10.0 Å². The van der Waals surface area contributed by atoms with Crippen molar-refractivity contribution in [1.82, 2.24) is 9.62 Å². The van der Waals surface area contributed by atoms with Gasteiger partial charge in [-0.15, -0.1) is 0 Å². The van der Waals surface area contributed by atoms with Crippen molar-refractivity contribution >= 4 is 15.9 Å². The molecule has 0 aliphatic carbocycles. The molecule has 1 amide bonds. The number of carbonyl (C=O) groups is 1. The number of rotatable bonds is 9. The van der Waals surface area contributed by atoms with E-state index in [0.717, 1.165) is 12.8 Å². The van der Waals surface area contributed by atoms with E-state index >= 15 is 0 Å². The molecule has 0 saturated carbocycles. The van der Waals surface area contributed by atoms with Gasteiger partial charge in [0.05, 0.1) is 4.90 Å². The normalized spacial score (nSPS) is 11.6. The highest BCUT2D eigenvalue weighted by molar-refractivity contribution is 7.89. The van der Waals surface area contributed by atoms with Crippen LogP contribution in [0.5, 0.6) is 0 Å². The summed E-state index contributed by atoms with van der Waals surface area (Å²) in [6.07, 6.45) is 1.65. The van der Waals surface area contributed by atoms with Gasteiger partial charge in [-0.25, -0.2) is 8.42 Å². The lowest BCUT2D eigenvalue weighted by Crippen LogP contribution is -2.31. The number of nitrogens with zero attached hydrogens (tertiary/aromatic N) is 1. The zero-order valence-corrected chi connectivity index (χ0v) is 14.0.